The van der Waals surface area contributed by atoms with Crippen LogP contribution in [0.25, 0.3) is 0 Å². The fourth-order valence-electron chi connectivity index (χ4n) is 2.88. The number of hydrogen-bond acceptors (Lipinski definition) is 5. The van der Waals surface area contributed by atoms with Crippen LogP contribution < -0.4 is 10.1 Å². The van der Waals surface area contributed by atoms with E-state index in [1.165, 1.54) is 6.20 Å². The van der Waals surface area contributed by atoms with Crippen molar-refractivity contribution in [3.05, 3.63) is 35.3 Å². The van der Waals surface area contributed by atoms with Crippen molar-refractivity contribution in [3.63, 3.8) is 0 Å². The zero-order valence-corrected chi connectivity index (χ0v) is 14.0. The third-order valence-corrected chi connectivity index (χ3v) is 4.08. The zero-order chi connectivity index (χ0) is 16.9. The van der Waals surface area contributed by atoms with Gasteiger partial charge in [0, 0.05) is 25.9 Å². The minimum atomic E-state index is -0.212. The second-order valence-corrected chi connectivity index (χ2v) is 5.81. The van der Waals surface area contributed by atoms with Crippen molar-refractivity contribution in [2.45, 2.75) is 25.7 Å². The molecule has 2 aromatic heterocycles. The van der Waals surface area contributed by atoms with Crippen molar-refractivity contribution >= 4 is 11.7 Å². The molecule has 0 atom stereocenters. The number of hydrogen-bond donors (Lipinski definition) is 1. The number of carbonyl (C=O) groups is 1. The van der Waals surface area contributed by atoms with Gasteiger partial charge in [0.05, 0.1) is 24.1 Å². The Labute approximate surface area is 141 Å². The maximum absolute atomic E-state index is 12.6. The monoisotopic (exact) mass is 330 g/mol. The standard InChI is InChI=1S/C17H22N4O3/c1-21-16(14-5-3-4-6-15(14)20-21)19-17(22)12-9-13(11-18-10-12)24-8-7-23-2/h9-11H,3-8H2,1-2H3,(H,19,22). The summed E-state index contributed by atoms with van der Waals surface area (Å²) in [7, 11) is 3.47. The van der Waals surface area contributed by atoms with Crippen LogP contribution in [0, 0.1) is 0 Å². The zero-order valence-electron chi connectivity index (χ0n) is 14.0. The van der Waals surface area contributed by atoms with Crippen LogP contribution in [-0.4, -0.2) is 41.0 Å². The number of aromatic nitrogens is 3. The minimum absolute atomic E-state index is 0.212. The van der Waals surface area contributed by atoms with Gasteiger partial charge in [0.2, 0.25) is 0 Å². The first kappa shape index (κ1) is 16.4. The van der Waals surface area contributed by atoms with E-state index >= 15 is 0 Å². The average molecular weight is 330 g/mol. The molecule has 2 aromatic rings. The van der Waals surface area contributed by atoms with Crippen molar-refractivity contribution in [2.75, 3.05) is 25.6 Å². The second kappa shape index (κ2) is 7.44. The summed E-state index contributed by atoms with van der Waals surface area (Å²) >= 11 is 0. The highest BCUT2D eigenvalue weighted by Gasteiger charge is 2.21. The highest BCUT2D eigenvalue weighted by Crippen LogP contribution is 2.27. The molecule has 128 valence electrons. The Bertz CT molecular complexity index is 727. The van der Waals surface area contributed by atoms with E-state index in [-0.39, 0.29) is 5.91 Å². The lowest BCUT2D eigenvalue weighted by atomic mass is 9.97. The molecular weight excluding hydrogens is 308 g/mol. The van der Waals surface area contributed by atoms with Crippen LogP contribution in [0.2, 0.25) is 0 Å². The number of ether oxygens (including phenoxy) is 2. The normalized spacial score (nSPS) is 13.4. The molecule has 0 fully saturated rings. The van der Waals surface area contributed by atoms with Gasteiger partial charge < -0.3 is 14.8 Å². The number of aryl methyl sites for hydroxylation is 2. The molecule has 0 saturated heterocycles. The molecule has 2 heterocycles. The molecule has 0 radical (unpaired) electrons. The van der Waals surface area contributed by atoms with E-state index in [1.54, 1.807) is 24.1 Å². The lowest BCUT2D eigenvalue weighted by molar-refractivity contribution is 0.102. The number of anilines is 1. The summed E-state index contributed by atoms with van der Waals surface area (Å²) in [6.45, 7) is 0.899. The number of amides is 1. The van der Waals surface area contributed by atoms with Crippen LogP contribution in [0.15, 0.2) is 18.5 Å². The van der Waals surface area contributed by atoms with Gasteiger partial charge in [-0.1, -0.05) is 0 Å². The molecule has 7 nitrogen and oxygen atoms in total. The van der Waals surface area contributed by atoms with E-state index in [2.05, 4.69) is 15.4 Å². The quantitative estimate of drug-likeness (QED) is 0.819. The van der Waals surface area contributed by atoms with Gasteiger partial charge >= 0.3 is 0 Å². The number of carbonyl (C=O) groups excluding carboxylic acids is 1. The molecule has 0 spiro atoms. The molecule has 0 saturated carbocycles. The van der Waals surface area contributed by atoms with Crippen LogP contribution in [0.4, 0.5) is 5.82 Å². The molecule has 1 N–H and O–H groups in total. The van der Waals surface area contributed by atoms with Crippen molar-refractivity contribution in [1.82, 2.24) is 14.8 Å². The first-order valence-corrected chi connectivity index (χ1v) is 8.12. The molecule has 0 aliphatic heterocycles. The fourth-order valence-corrected chi connectivity index (χ4v) is 2.88. The average Bonchev–Trinajstić information content (AvgIpc) is 2.91. The lowest BCUT2D eigenvalue weighted by Crippen LogP contribution is -2.16. The third kappa shape index (κ3) is 3.56. The van der Waals surface area contributed by atoms with Crippen molar-refractivity contribution in [2.24, 2.45) is 7.05 Å². The summed E-state index contributed by atoms with van der Waals surface area (Å²) in [5.74, 6) is 1.11. The van der Waals surface area contributed by atoms with Gasteiger partial charge in [-0.05, 0) is 31.7 Å². The van der Waals surface area contributed by atoms with Crippen LogP contribution in [0.1, 0.15) is 34.5 Å². The molecule has 0 unspecified atom stereocenters. The van der Waals surface area contributed by atoms with Crippen LogP contribution in [0.5, 0.6) is 5.75 Å². The van der Waals surface area contributed by atoms with E-state index in [0.29, 0.717) is 24.5 Å². The van der Waals surface area contributed by atoms with Crippen LogP contribution in [0.3, 0.4) is 0 Å². The van der Waals surface area contributed by atoms with E-state index in [1.807, 2.05) is 7.05 Å². The summed E-state index contributed by atoms with van der Waals surface area (Å²) < 4.78 is 12.2. The number of pyridine rings is 1. The molecule has 0 aromatic carbocycles. The summed E-state index contributed by atoms with van der Waals surface area (Å²) in [5.41, 5.74) is 2.70. The minimum Gasteiger partial charge on any atom is -0.490 e. The molecule has 1 amide bonds. The first-order chi connectivity index (χ1) is 11.7. The molecule has 0 bridgehead atoms. The molecule has 1 aliphatic carbocycles. The molecule has 24 heavy (non-hydrogen) atoms. The Hall–Kier alpha value is -2.41. The Morgan fingerprint density at radius 3 is 2.96 bits per heavy atom. The van der Waals surface area contributed by atoms with Crippen molar-refractivity contribution < 1.29 is 14.3 Å². The second-order valence-electron chi connectivity index (χ2n) is 5.81. The van der Waals surface area contributed by atoms with E-state index in [0.717, 1.165) is 42.8 Å². The SMILES string of the molecule is COCCOc1cncc(C(=O)Nc2c3c(nn2C)CCCC3)c1. The fraction of sp³-hybridized carbons (Fsp3) is 0.471. The molecule has 7 heteroatoms. The maximum Gasteiger partial charge on any atom is 0.258 e. The van der Waals surface area contributed by atoms with Gasteiger partial charge in [0.1, 0.15) is 18.2 Å². The topological polar surface area (TPSA) is 78.3 Å². The van der Waals surface area contributed by atoms with Crippen LogP contribution in [-0.2, 0) is 24.6 Å². The highest BCUT2D eigenvalue weighted by atomic mass is 16.5. The number of nitrogens with one attached hydrogen (secondary N) is 1. The van der Waals surface area contributed by atoms with Gasteiger partial charge in [-0.15, -0.1) is 0 Å². The van der Waals surface area contributed by atoms with Gasteiger partial charge in [0.25, 0.3) is 5.91 Å². The van der Waals surface area contributed by atoms with Crippen LogP contribution >= 0.6 is 0 Å². The molecule has 1 aliphatic rings. The number of nitrogens with zero attached hydrogens (tertiary/aromatic N) is 3. The Morgan fingerprint density at radius 2 is 2.12 bits per heavy atom. The van der Waals surface area contributed by atoms with E-state index in [4.69, 9.17) is 9.47 Å². The Kier molecular flexibility index (Phi) is 5.10. The first-order valence-electron chi connectivity index (χ1n) is 8.12. The Morgan fingerprint density at radius 1 is 1.29 bits per heavy atom. The molecular formula is C17H22N4O3. The highest BCUT2D eigenvalue weighted by molar-refractivity contribution is 6.04. The predicted octanol–water partition coefficient (Wildman–Crippen LogP) is 1.97. The number of methoxy groups -OCH3 is 1. The van der Waals surface area contributed by atoms with Crippen molar-refractivity contribution in [3.8, 4) is 5.75 Å². The molecule has 3 rings (SSSR count). The smallest absolute Gasteiger partial charge is 0.258 e. The van der Waals surface area contributed by atoms with Gasteiger partial charge in [-0.2, -0.15) is 5.10 Å². The summed E-state index contributed by atoms with van der Waals surface area (Å²) in [5, 5.41) is 7.48. The number of rotatable bonds is 6. The van der Waals surface area contributed by atoms with Gasteiger partial charge in [0.15, 0.2) is 0 Å². The largest absolute Gasteiger partial charge is 0.490 e. The lowest BCUT2D eigenvalue weighted by Gasteiger charge is -2.12. The maximum atomic E-state index is 12.6. The summed E-state index contributed by atoms with van der Waals surface area (Å²) in [6, 6.07) is 1.68. The Balaban J connectivity index is 1.73. The third-order valence-electron chi connectivity index (χ3n) is 4.08. The summed E-state index contributed by atoms with van der Waals surface area (Å²) in [4.78, 5) is 16.6. The van der Waals surface area contributed by atoms with Gasteiger partial charge in [-0.3, -0.25) is 14.5 Å². The van der Waals surface area contributed by atoms with Crippen molar-refractivity contribution in [1.29, 1.82) is 0 Å². The van der Waals surface area contributed by atoms with E-state index < -0.39 is 0 Å². The predicted molar refractivity (Wildman–Crippen MR) is 89.4 cm³/mol. The van der Waals surface area contributed by atoms with Gasteiger partial charge in [-0.25, -0.2) is 0 Å². The summed E-state index contributed by atoms with van der Waals surface area (Å²) in [6.07, 6.45) is 7.33. The van der Waals surface area contributed by atoms with E-state index in [9.17, 15) is 4.79 Å². The number of fused-ring (bicyclic) bond motifs is 1.